The largest absolute Gasteiger partial charge is 0.465 e. The molecule has 140 valence electrons. The van der Waals surface area contributed by atoms with Crippen LogP contribution in [0.1, 0.15) is 30.4 Å². The number of benzene rings is 2. The minimum Gasteiger partial charge on any atom is -0.465 e. The lowest BCUT2D eigenvalue weighted by Crippen LogP contribution is -2.50. The fourth-order valence-corrected chi connectivity index (χ4v) is 3.45. The number of imide groups is 1. The van der Waals surface area contributed by atoms with E-state index >= 15 is 0 Å². The Morgan fingerprint density at radius 2 is 1.78 bits per heavy atom. The van der Waals surface area contributed by atoms with Gasteiger partial charge in [-0.1, -0.05) is 54.1 Å². The summed E-state index contributed by atoms with van der Waals surface area (Å²) in [6.07, 6.45) is 0.0592. The van der Waals surface area contributed by atoms with Gasteiger partial charge in [-0.15, -0.1) is 0 Å². The van der Waals surface area contributed by atoms with Crippen molar-refractivity contribution >= 4 is 29.4 Å². The molecule has 1 saturated heterocycles. The Bertz CT molecular complexity index is 835. The van der Waals surface area contributed by atoms with Gasteiger partial charge in [0.05, 0.1) is 13.2 Å². The molecule has 6 heteroatoms. The number of ether oxygens (including phenoxy) is 1. The zero-order valence-corrected chi connectivity index (χ0v) is 15.7. The number of hydrogen-bond acceptors (Lipinski definition) is 4. The van der Waals surface area contributed by atoms with Crippen LogP contribution in [0.4, 0.5) is 0 Å². The summed E-state index contributed by atoms with van der Waals surface area (Å²) in [5.74, 6) is -3.04. The van der Waals surface area contributed by atoms with E-state index in [9.17, 15) is 14.4 Å². The van der Waals surface area contributed by atoms with E-state index in [2.05, 4.69) is 0 Å². The third-order valence-corrected chi connectivity index (χ3v) is 4.90. The van der Waals surface area contributed by atoms with E-state index in [1.807, 2.05) is 30.3 Å². The highest BCUT2D eigenvalue weighted by molar-refractivity contribution is 6.30. The lowest BCUT2D eigenvalue weighted by atomic mass is 9.79. The Balaban J connectivity index is 1.92. The van der Waals surface area contributed by atoms with E-state index in [0.29, 0.717) is 5.02 Å². The van der Waals surface area contributed by atoms with Crippen LogP contribution in [0.5, 0.6) is 0 Å². The van der Waals surface area contributed by atoms with Crippen molar-refractivity contribution in [1.82, 2.24) is 4.90 Å². The van der Waals surface area contributed by atoms with Crippen LogP contribution in [0.3, 0.4) is 0 Å². The molecule has 0 radical (unpaired) electrons. The molecule has 1 fully saturated rings. The van der Waals surface area contributed by atoms with Crippen molar-refractivity contribution in [2.75, 3.05) is 6.61 Å². The minimum atomic E-state index is -1.05. The molecule has 2 atom stereocenters. The van der Waals surface area contributed by atoms with Crippen LogP contribution >= 0.6 is 11.6 Å². The van der Waals surface area contributed by atoms with Gasteiger partial charge in [-0.25, -0.2) is 0 Å². The number of piperidine rings is 1. The van der Waals surface area contributed by atoms with Crippen molar-refractivity contribution in [3.05, 3.63) is 70.7 Å². The summed E-state index contributed by atoms with van der Waals surface area (Å²) in [4.78, 5) is 39.5. The third-order valence-electron chi connectivity index (χ3n) is 4.65. The first-order valence-electron chi connectivity index (χ1n) is 8.81. The van der Waals surface area contributed by atoms with Crippen LogP contribution < -0.4 is 0 Å². The van der Waals surface area contributed by atoms with E-state index < -0.39 is 23.7 Å². The average molecular weight is 386 g/mol. The summed E-state index contributed by atoms with van der Waals surface area (Å²) in [6.45, 7) is 2.00. The van der Waals surface area contributed by atoms with Crippen LogP contribution in [0.2, 0.25) is 5.02 Å². The molecular weight excluding hydrogens is 366 g/mol. The maximum atomic E-state index is 13.1. The highest BCUT2D eigenvalue weighted by atomic mass is 35.5. The van der Waals surface area contributed by atoms with Gasteiger partial charge in [-0.2, -0.15) is 0 Å². The molecule has 2 aromatic rings. The Morgan fingerprint density at radius 1 is 1.11 bits per heavy atom. The number of nitrogens with zero attached hydrogens (tertiary/aromatic N) is 1. The van der Waals surface area contributed by atoms with Gasteiger partial charge >= 0.3 is 5.97 Å². The monoisotopic (exact) mass is 385 g/mol. The molecule has 2 aromatic carbocycles. The molecule has 1 heterocycles. The SMILES string of the molecule is CCOC(=O)[C@@H]1C(=O)N(Cc2ccccc2)C(=O)C[C@H]1c1ccc(Cl)cc1. The fourth-order valence-electron chi connectivity index (χ4n) is 3.33. The molecule has 3 rings (SSSR count). The molecular formula is C21H20ClNO4. The summed E-state index contributed by atoms with van der Waals surface area (Å²) in [7, 11) is 0. The number of halogens is 1. The van der Waals surface area contributed by atoms with Crippen molar-refractivity contribution in [1.29, 1.82) is 0 Å². The molecule has 2 amide bonds. The van der Waals surface area contributed by atoms with Crippen molar-refractivity contribution in [3.63, 3.8) is 0 Å². The zero-order chi connectivity index (χ0) is 19.4. The first-order valence-corrected chi connectivity index (χ1v) is 9.19. The second kappa shape index (κ2) is 8.35. The number of carbonyl (C=O) groups excluding carboxylic acids is 3. The molecule has 0 N–H and O–H groups in total. The van der Waals surface area contributed by atoms with Crippen LogP contribution in [0.25, 0.3) is 0 Å². The molecule has 27 heavy (non-hydrogen) atoms. The first-order chi connectivity index (χ1) is 13.0. The summed E-state index contributed by atoms with van der Waals surface area (Å²) in [5.41, 5.74) is 1.55. The Morgan fingerprint density at radius 3 is 2.41 bits per heavy atom. The molecule has 0 aromatic heterocycles. The highest BCUT2D eigenvalue weighted by Crippen LogP contribution is 2.36. The highest BCUT2D eigenvalue weighted by Gasteiger charge is 2.46. The topological polar surface area (TPSA) is 63.7 Å². The van der Waals surface area contributed by atoms with Crippen molar-refractivity contribution < 1.29 is 19.1 Å². The minimum absolute atomic E-state index is 0.0592. The predicted octanol–water partition coefficient (Wildman–Crippen LogP) is 3.56. The van der Waals surface area contributed by atoms with Gasteiger partial charge in [-0.3, -0.25) is 19.3 Å². The summed E-state index contributed by atoms with van der Waals surface area (Å²) >= 11 is 5.94. The normalized spacial score (nSPS) is 19.9. The van der Waals surface area contributed by atoms with Gasteiger partial charge in [0, 0.05) is 17.4 Å². The summed E-state index contributed by atoms with van der Waals surface area (Å²) in [6, 6.07) is 16.1. The quantitative estimate of drug-likeness (QED) is 0.448. The lowest BCUT2D eigenvalue weighted by molar-refractivity contribution is -0.163. The standard InChI is InChI=1S/C21H20ClNO4/c1-2-27-21(26)19-17(15-8-10-16(22)11-9-15)12-18(24)23(20(19)25)13-14-6-4-3-5-7-14/h3-11,17,19H,2,12-13H2,1H3/t17-,19-/m0/s1. The second-order valence-electron chi connectivity index (χ2n) is 6.40. The molecule has 1 aliphatic rings. The van der Waals surface area contributed by atoms with Gasteiger partial charge < -0.3 is 4.74 Å². The second-order valence-corrected chi connectivity index (χ2v) is 6.83. The third kappa shape index (κ3) is 4.19. The van der Waals surface area contributed by atoms with Gasteiger partial charge in [0.25, 0.3) is 0 Å². The lowest BCUT2D eigenvalue weighted by Gasteiger charge is -2.35. The molecule has 0 bridgehead atoms. The Labute approximate surface area is 162 Å². The van der Waals surface area contributed by atoms with E-state index in [1.54, 1.807) is 31.2 Å². The number of hydrogen-bond donors (Lipinski definition) is 0. The molecule has 0 aliphatic carbocycles. The van der Waals surface area contributed by atoms with Crippen LogP contribution in [0, 0.1) is 5.92 Å². The number of likely N-dealkylation sites (tertiary alicyclic amines) is 1. The van der Waals surface area contributed by atoms with E-state index in [0.717, 1.165) is 16.0 Å². The molecule has 0 unspecified atom stereocenters. The molecule has 5 nitrogen and oxygen atoms in total. The summed E-state index contributed by atoms with van der Waals surface area (Å²) in [5, 5.41) is 0.547. The number of carbonyl (C=O) groups is 3. The first kappa shape index (κ1) is 19.1. The van der Waals surface area contributed by atoms with Gasteiger partial charge in [0.2, 0.25) is 11.8 Å². The Kier molecular flexibility index (Phi) is 5.91. The molecule has 0 saturated carbocycles. The predicted molar refractivity (Wildman–Crippen MR) is 101 cm³/mol. The van der Waals surface area contributed by atoms with Crippen LogP contribution in [-0.2, 0) is 25.7 Å². The van der Waals surface area contributed by atoms with Crippen molar-refractivity contribution in [2.24, 2.45) is 5.92 Å². The maximum Gasteiger partial charge on any atom is 0.319 e. The van der Waals surface area contributed by atoms with Gasteiger partial charge in [0.1, 0.15) is 5.92 Å². The maximum absolute atomic E-state index is 13.1. The van der Waals surface area contributed by atoms with Crippen LogP contribution in [-0.4, -0.2) is 29.3 Å². The zero-order valence-electron chi connectivity index (χ0n) is 14.9. The number of rotatable bonds is 5. The van der Waals surface area contributed by atoms with Crippen molar-refractivity contribution in [3.8, 4) is 0 Å². The average Bonchev–Trinajstić information content (AvgIpc) is 2.66. The number of esters is 1. The summed E-state index contributed by atoms with van der Waals surface area (Å²) < 4.78 is 5.14. The van der Waals surface area contributed by atoms with E-state index in [1.165, 1.54) is 0 Å². The fraction of sp³-hybridized carbons (Fsp3) is 0.286. The van der Waals surface area contributed by atoms with E-state index in [-0.39, 0.29) is 25.5 Å². The van der Waals surface area contributed by atoms with Gasteiger partial charge in [0.15, 0.2) is 0 Å². The number of amides is 2. The molecule has 1 aliphatic heterocycles. The van der Waals surface area contributed by atoms with Gasteiger partial charge in [-0.05, 0) is 30.2 Å². The van der Waals surface area contributed by atoms with Crippen LogP contribution in [0.15, 0.2) is 54.6 Å². The Hall–Kier alpha value is -2.66. The molecule has 0 spiro atoms. The van der Waals surface area contributed by atoms with E-state index in [4.69, 9.17) is 16.3 Å². The smallest absolute Gasteiger partial charge is 0.319 e. The van der Waals surface area contributed by atoms with Crippen molar-refractivity contribution in [2.45, 2.75) is 25.8 Å².